The lowest BCUT2D eigenvalue weighted by Crippen LogP contribution is -2.34. The number of ether oxygens (including phenoxy) is 2. The molecule has 18 heavy (non-hydrogen) atoms. The van der Waals surface area contributed by atoms with Crippen LogP contribution in [0, 0.1) is 0 Å². The Labute approximate surface area is 109 Å². The minimum Gasteiger partial charge on any atom is -0.444 e. The van der Waals surface area contributed by atoms with Crippen molar-refractivity contribution in [1.29, 1.82) is 0 Å². The van der Waals surface area contributed by atoms with Crippen molar-refractivity contribution in [2.75, 3.05) is 39.5 Å². The van der Waals surface area contributed by atoms with E-state index < -0.39 is 5.60 Å². The summed E-state index contributed by atoms with van der Waals surface area (Å²) < 4.78 is 10.2. The van der Waals surface area contributed by atoms with E-state index in [9.17, 15) is 4.79 Å². The summed E-state index contributed by atoms with van der Waals surface area (Å²) in [6, 6.07) is 0. The SMILES string of the molecule is CC(C)(C)OC(=O)NCCCNCCOCCO. The number of alkyl carbamates (subject to hydrolysis) is 1. The number of carbonyl (C=O) groups excluding carboxylic acids is 1. The minimum absolute atomic E-state index is 0.0554. The smallest absolute Gasteiger partial charge is 0.407 e. The van der Waals surface area contributed by atoms with Gasteiger partial charge in [0.2, 0.25) is 0 Å². The number of rotatable bonds is 9. The molecule has 0 aliphatic carbocycles. The predicted molar refractivity (Wildman–Crippen MR) is 69.6 cm³/mol. The minimum atomic E-state index is -0.452. The summed E-state index contributed by atoms with van der Waals surface area (Å²) in [6.45, 7) is 8.65. The first-order valence-electron chi connectivity index (χ1n) is 6.32. The molecule has 6 heteroatoms. The van der Waals surface area contributed by atoms with Gasteiger partial charge in [0.05, 0.1) is 19.8 Å². The molecule has 6 nitrogen and oxygen atoms in total. The molecule has 0 spiro atoms. The van der Waals surface area contributed by atoms with Crippen LogP contribution in [0.4, 0.5) is 4.79 Å². The van der Waals surface area contributed by atoms with Crippen LogP contribution >= 0.6 is 0 Å². The van der Waals surface area contributed by atoms with Gasteiger partial charge in [0.1, 0.15) is 5.60 Å². The van der Waals surface area contributed by atoms with E-state index in [1.54, 1.807) is 0 Å². The topological polar surface area (TPSA) is 79.8 Å². The van der Waals surface area contributed by atoms with E-state index in [0.717, 1.165) is 19.5 Å². The maximum Gasteiger partial charge on any atom is 0.407 e. The molecule has 0 aromatic carbocycles. The first kappa shape index (κ1) is 17.2. The zero-order valence-electron chi connectivity index (χ0n) is 11.6. The molecule has 0 aromatic rings. The van der Waals surface area contributed by atoms with E-state index in [4.69, 9.17) is 14.6 Å². The Morgan fingerprint density at radius 2 is 1.89 bits per heavy atom. The fourth-order valence-corrected chi connectivity index (χ4v) is 1.15. The van der Waals surface area contributed by atoms with Gasteiger partial charge in [-0.2, -0.15) is 0 Å². The van der Waals surface area contributed by atoms with E-state index >= 15 is 0 Å². The van der Waals surface area contributed by atoms with Crippen LogP contribution in [0.25, 0.3) is 0 Å². The summed E-state index contributed by atoms with van der Waals surface area (Å²) in [7, 11) is 0. The molecule has 0 atom stereocenters. The van der Waals surface area contributed by atoms with Gasteiger partial charge in [0.15, 0.2) is 0 Å². The molecule has 0 rings (SSSR count). The number of nitrogens with one attached hydrogen (secondary N) is 2. The summed E-state index contributed by atoms with van der Waals surface area (Å²) in [5.74, 6) is 0. The Bertz CT molecular complexity index is 217. The highest BCUT2D eigenvalue weighted by Crippen LogP contribution is 2.06. The lowest BCUT2D eigenvalue weighted by Gasteiger charge is -2.19. The summed E-state index contributed by atoms with van der Waals surface area (Å²) >= 11 is 0. The van der Waals surface area contributed by atoms with Crippen molar-refractivity contribution in [2.45, 2.75) is 32.8 Å². The molecule has 0 saturated carbocycles. The average molecular weight is 262 g/mol. The molecule has 108 valence electrons. The monoisotopic (exact) mass is 262 g/mol. The Balaban J connectivity index is 3.23. The number of amides is 1. The van der Waals surface area contributed by atoms with Crippen molar-refractivity contribution in [3.8, 4) is 0 Å². The van der Waals surface area contributed by atoms with Crippen LogP contribution in [-0.4, -0.2) is 56.3 Å². The van der Waals surface area contributed by atoms with Crippen molar-refractivity contribution in [3.63, 3.8) is 0 Å². The van der Waals surface area contributed by atoms with Crippen LogP contribution in [0.3, 0.4) is 0 Å². The third-order valence-electron chi connectivity index (χ3n) is 1.86. The maximum absolute atomic E-state index is 11.3. The summed E-state index contributed by atoms with van der Waals surface area (Å²) in [4.78, 5) is 11.3. The summed E-state index contributed by atoms with van der Waals surface area (Å²) in [5, 5.41) is 14.3. The molecular weight excluding hydrogens is 236 g/mol. The van der Waals surface area contributed by atoms with E-state index in [2.05, 4.69) is 10.6 Å². The van der Waals surface area contributed by atoms with Gasteiger partial charge >= 0.3 is 6.09 Å². The first-order valence-corrected chi connectivity index (χ1v) is 6.32. The molecule has 0 aliphatic rings. The van der Waals surface area contributed by atoms with Gasteiger partial charge < -0.3 is 25.2 Å². The number of hydrogen-bond acceptors (Lipinski definition) is 5. The second-order valence-corrected chi connectivity index (χ2v) is 4.87. The fraction of sp³-hybridized carbons (Fsp3) is 0.917. The van der Waals surface area contributed by atoms with E-state index in [1.165, 1.54) is 0 Å². The predicted octanol–water partition coefficient (Wildman–Crippen LogP) is 0.500. The van der Waals surface area contributed by atoms with Gasteiger partial charge in [-0.15, -0.1) is 0 Å². The van der Waals surface area contributed by atoms with Crippen molar-refractivity contribution < 1.29 is 19.4 Å². The van der Waals surface area contributed by atoms with Crippen molar-refractivity contribution in [1.82, 2.24) is 10.6 Å². The van der Waals surface area contributed by atoms with Crippen molar-refractivity contribution in [3.05, 3.63) is 0 Å². The largest absolute Gasteiger partial charge is 0.444 e. The molecule has 0 aliphatic heterocycles. The Morgan fingerprint density at radius 3 is 2.50 bits per heavy atom. The molecule has 0 unspecified atom stereocenters. The number of carbonyl (C=O) groups is 1. The highest BCUT2D eigenvalue weighted by molar-refractivity contribution is 5.67. The second-order valence-electron chi connectivity index (χ2n) is 4.87. The van der Waals surface area contributed by atoms with Gasteiger partial charge in [-0.25, -0.2) is 4.79 Å². The number of aliphatic hydroxyl groups is 1. The first-order chi connectivity index (χ1) is 8.45. The molecular formula is C12H26N2O4. The van der Waals surface area contributed by atoms with Crippen molar-refractivity contribution >= 4 is 6.09 Å². The van der Waals surface area contributed by atoms with E-state index in [-0.39, 0.29) is 12.7 Å². The van der Waals surface area contributed by atoms with E-state index in [1.807, 2.05) is 20.8 Å². The zero-order valence-corrected chi connectivity index (χ0v) is 11.6. The van der Waals surface area contributed by atoms with Gasteiger partial charge in [0, 0.05) is 13.1 Å². The van der Waals surface area contributed by atoms with Crippen LogP contribution in [0.15, 0.2) is 0 Å². The van der Waals surface area contributed by atoms with Crippen LogP contribution in [-0.2, 0) is 9.47 Å². The fourth-order valence-electron chi connectivity index (χ4n) is 1.15. The maximum atomic E-state index is 11.3. The van der Waals surface area contributed by atoms with Crippen LogP contribution in [0.2, 0.25) is 0 Å². The summed E-state index contributed by atoms with van der Waals surface area (Å²) in [6.07, 6.45) is 0.452. The molecule has 0 saturated heterocycles. The third-order valence-corrected chi connectivity index (χ3v) is 1.86. The highest BCUT2D eigenvalue weighted by Gasteiger charge is 2.15. The van der Waals surface area contributed by atoms with Crippen LogP contribution < -0.4 is 10.6 Å². The quantitative estimate of drug-likeness (QED) is 0.527. The average Bonchev–Trinajstić information content (AvgIpc) is 2.24. The Kier molecular flexibility index (Phi) is 9.63. The highest BCUT2D eigenvalue weighted by atomic mass is 16.6. The van der Waals surface area contributed by atoms with Gasteiger partial charge in [-0.1, -0.05) is 0 Å². The Hall–Kier alpha value is -0.850. The van der Waals surface area contributed by atoms with Crippen LogP contribution in [0.5, 0.6) is 0 Å². The van der Waals surface area contributed by atoms with Crippen LogP contribution in [0.1, 0.15) is 27.2 Å². The Morgan fingerprint density at radius 1 is 1.17 bits per heavy atom. The number of hydrogen-bond donors (Lipinski definition) is 3. The molecule has 0 bridgehead atoms. The number of aliphatic hydroxyl groups excluding tert-OH is 1. The van der Waals surface area contributed by atoms with Gasteiger partial charge in [-0.05, 0) is 33.7 Å². The standard InChI is InChI=1S/C12H26N2O4/c1-12(2,3)18-11(16)14-6-4-5-13-7-9-17-10-8-15/h13,15H,4-10H2,1-3H3,(H,14,16). The molecule has 0 heterocycles. The lowest BCUT2D eigenvalue weighted by molar-refractivity contribution is 0.0527. The van der Waals surface area contributed by atoms with Gasteiger partial charge in [-0.3, -0.25) is 0 Å². The van der Waals surface area contributed by atoms with Crippen molar-refractivity contribution in [2.24, 2.45) is 0 Å². The van der Waals surface area contributed by atoms with E-state index in [0.29, 0.717) is 19.8 Å². The normalized spacial score (nSPS) is 11.3. The molecule has 0 fully saturated rings. The second kappa shape index (κ2) is 10.1. The van der Waals surface area contributed by atoms with Gasteiger partial charge in [0.25, 0.3) is 0 Å². The zero-order chi connectivity index (χ0) is 13.9. The third kappa shape index (κ3) is 13.2. The molecule has 0 aromatic heterocycles. The molecule has 1 amide bonds. The molecule has 3 N–H and O–H groups in total. The summed E-state index contributed by atoms with van der Waals surface area (Å²) in [5.41, 5.74) is -0.452. The lowest BCUT2D eigenvalue weighted by atomic mass is 10.2. The molecule has 0 radical (unpaired) electrons.